The van der Waals surface area contributed by atoms with E-state index >= 15 is 0 Å². The standard InChI is InChI=1S/C15H18FN3O/c16-13-7-5-12(6-8-13)15-17-14(20-18-15)11-19-9-3-1-2-4-10-19/h5-8H,1-4,9-11H2. The summed E-state index contributed by atoms with van der Waals surface area (Å²) in [6.45, 7) is 2.89. The molecule has 1 aliphatic rings. The molecule has 0 bridgehead atoms. The number of halogens is 1. The van der Waals surface area contributed by atoms with E-state index in [4.69, 9.17) is 4.52 Å². The van der Waals surface area contributed by atoms with Gasteiger partial charge in [0.25, 0.3) is 0 Å². The van der Waals surface area contributed by atoms with Crippen molar-refractivity contribution in [1.82, 2.24) is 15.0 Å². The molecular formula is C15H18FN3O. The van der Waals surface area contributed by atoms with Crippen LogP contribution in [0, 0.1) is 5.82 Å². The van der Waals surface area contributed by atoms with Crippen LogP contribution in [0.3, 0.4) is 0 Å². The van der Waals surface area contributed by atoms with E-state index in [2.05, 4.69) is 15.0 Å². The summed E-state index contributed by atoms with van der Waals surface area (Å²) in [5, 5.41) is 3.97. The molecule has 2 heterocycles. The van der Waals surface area contributed by atoms with E-state index in [0.717, 1.165) is 18.7 Å². The summed E-state index contributed by atoms with van der Waals surface area (Å²) in [5.41, 5.74) is 0.775. The zero-order valence-electron chi connectivity index (χ0n) is 11.4. The first kappa shape index (κ1) is 13.2. The first-order valence-electron chi connectivity index (χ1n) is 7.12. The first-order valence-corrected chi connectivity index (χ1v) is 7.12. The summed E-state index contributed by atoms with van der Waals surface area (Å²) in [4.78, 5) is 6.75. The Morgan fingerprint density at radius 1 is 1.05 bits per heavy atom. The largest absolute Gasteiger partial charge is 0.338 e. The van der Waals surface area contributed by atoms with Gasteiger partial charge in [0, 0.05) is 5.56 Å². The molecule has 0 radical (unpaired) electrons. The Labute approximate surface area is 117 Å². The van der Waals surface area contributed by atoms with Crippen molar-refractivity contribution in [3.63, 3.8) is 0 Å². The van der Waals surface area contributed by atoms with Gasteiger partial charge in [-0.05, 0) is 50.2 Å². The molecule has 3 rings (SSSR count). The third-order valence-electron chi connectivity index (χ3n) is 3.63. The number of likely N-dealkylation sites (tertiary alicyclic amines) is 1. The van der Waals surface area contributed by atoms with Crippen LogP contribution < -0.4 is 0 Å². The maximum absolute atomic E-state index is 12.9. The van der Waals surface area contributed by atoms with E-state index in [9.17, 15) is 4.39 Å². The van der Waals surface area contributed by atoms with Crippen LogP contribution in [-0.4, -0.2) is 28.1 Å². The second-order valence-corrected chi connectivity index (χ2v) is 5.21. The van der Waals surface area contributed by atoms with Crippen LogP contribution in [0.4, 0.5) is 4.39 Å². The maximum Gasteiger partial charge on any atom is 0.241 e. The minimum atomic E-state index is -0.262. The van der Waals surface area contributed by atoms with Crippen molar-refractivity contribution in [3.05, 3.63) is 36.0 Å². The molecule has 106 valence electrons. The Morgan fingerprint density at radius 3 is 2.45 bits per heavy atom. The number of benzene rings is 1. The summed E-state index contributed by atoms with van der Waals surface area (Å²) in [7, 11) is 0. The van der Waals surface area contributed by atoms with E-state index in [1.54, 1.807) is 12.1 Å². The number of rotatable bonds is 3. The van der Waals surface area contributed by atoms with Crippen molar-refractivity contribution in [1.29, 1.82) is 0 Å². The third-order valence-corrected chi connectivity index (χ3v) is 3.63. The number of nitrogens with zero attached hydrogens (tertiary/aromatic N) is 3. The smallest absolute Gasteiger partial charge is 0.241 e. The lowest BCUT2D eigenvalue weighted by molar-refractivity contribution is 0.234. The van der Waals surface area contributed by atoms with Crippen molar-refractivity contribution in [2.24, 2.45) is 0 Å². The predicted molar refractivity (Wildman–Crippen MR) is 73.4 cm³/mol. The molecule has 4 nitrogen and oxygen atoms in total. The van der Waals surface area contributed by atoms with Crippen molar-refractivity contribution >= 4 is 0 Å². The lowest BCUT2D eigenvalue weighted by atomic mass is 10.2. The van der Waals surface area contributed by atoms with E-state index < -0.39 is 0 Å². The van der Waals surface area contributed by atoms with Gasteiger partial charge in [0.2, 0.25) is 11.7 Å². The molecule has 0 spiro atoms. The molecule has 1 aliphatic heterocycles. The van der Waals surface area contributed by atoms with Crippen LogP contribution in [0.2, 0.25) is 0 Å². The molecule has 1 aromatic carbocycles. The van der Waals surface area contributed by atoms with Gasteiger partial charge in [-0.15, -0.1) is 0 Å². The molecule has 1 saturated heterocycles. The van der Waals surface area contributed by atoms with E-state index in [0.29, 0.717) is 18.3 Å². The van der Waals surface area contributed by atoms with E-state index in [1.807, 2.05) is 0 Å². The SMILES string of the molecule is Fc1ccc(-c2noc(CN3CCCCCC3)n2)cc1. The van der Waals surface area contributed by atoms with Crippen LogP contribution in [0.5, 0.6) is 0 Å². The van der Waals surface area contributed by atoms with E-state index in [1.165, 1.54) is 37.8 Å². The van der Waals surface area contributed by atoms with Crippen molar-refractivity contribution in [3.8, 4) is 11.4 Å². The van der Waals surface area contributed by atoms with Gasteiger partial charge in [-0.1, -0.05) is 18.0 Å². The van der Waals surface area contributed by atoms with Crippen molar-refractivity contribution < 1.29 is 8.91 Å². The van der Waals surface area contributed by atoms with Crippen LogP contribution >= 0.6 is 0 Å². The molecule has 0 atom stereocenters. The highest BCUT2D eigenvalue weighted by Gasteiger charge is 2.14. The Hall–Kier alpha value is -1.75. The molecular weight excluding hydrogens is 257 g/mol. The fourth-order valence-corrected chi connectivity index (χ4v) is 2.52. The van der Waals surface area contributed by atoms with Gasteiger partial charge in [-0.3, -0.25) is 4.90 Å². The molecule has 0 N–H and O–H groups in total. The van der Waals surface area contributed by atoms with Gasteiger partial charge >= 0.3 is 0 Å². The van der Waals surface area contributed by atoms with Crippen LogP contribution in [0.1, 0.15) is 31.6 Å². The van der Waals surface area contributed by atoms with Crippen molar-refractivity contribution in [2.75, 3.05) is 13.1 Å². The van der Waals surface area contributed by atoms with Crippen LogP contribution in [0.15, 0.2) is 28.8 Å². The zero-order chi connectivity index (χ0) is 13.8. The Bertz CT molecular complexity index is 545. The summed E-state index contributed by atoms with van der Waals surface area (Å²) in [6.07, 6.45) is 5.08. The van der Waals surface area contributed by atoms with Gasteiger partial charge in [0.05, 0.1) is 6.54 Å². The normalized spacial score (nSPS) is 17.1. The molecule has 2 aromatic rings. The summed E-state index contributed by atoms with van der Waals surface area (Å²) < 4.78 is 18.2. The van der Waals surface area contributed by atoms with Gasteiger partial charge in [0.15, 0.2) is 0 Å². The molecule has 20 heavy (non-hydrogen) atoms. The highest BCUT2D eigenvalue weighted by molar-refractivity contribution is 5.53. The molecule has 5 heteroatoms. The number of hydrogen-bond donors (Lipinski definition) is 0. The molecule has 1 fully saturated rings. The van der Waals surface area contributed by atoms with Gasteiger partial charge in [0.1, 0.15) is 5.82 Å². The molecule has 0 amide bonds. The minimum Gasteiger partial charge on any atom is -0.338 e. The first-order chi connectivity index (χ1) is 9.81. The average Bonchev–Trinajstić information content (AvgIpc) is 2.76. The lowest BCUT2D eigenvalue weighted by Gasteiger charge is -2.16. The molecule has 0 unspecified atom stereocenters. The summed E-state index contributed by atoms with van der Waals surface area (Å²) in [5.74, 6) is 0.892. The number of hydrogen-bond acceptors (Lipinski definition) is 4. The van der Waals surface area contributed by atoms with Gasteiger partial charge in [-0.25, -0.2) is 4.39 Å². The molecule has 0 aliphatic carbocycles. The predicted octanol–water partition coefficient (Wildman–Crippen LogP) is 3.25. The Morgan fingerprint density at radius 2 is 1.75 bits per heavy atom. The second-order valence-electron chi connectivity index (χ2n) is 5.21. The quantitative estimate of drug-likeness (QED) is 0.862. The monoisotopic (exact) mass is 275 g/mol. The van der Waals surface area contributed by atoms with Crippen molar-refractivity contribution in [2.45, 2.75) is 32.2 Å². The van der Waals surface area contributed by atoms with Gasteiger partial charge in [-0.2, -0.15) is 4.98 Å². The lowest BCUT2D eigenvalue weighted by Crippen LogP contribution is -2.24. The zero-order valence-corrected chi connectivity index (χ0v) is 11.4. The topological polar surface area (TPSA) is 42.2 Å². The van der Waals surface area contributed by atoms with Crippen LogP contribution in [-0.2, 0) is 6.54 Å². The minimum absolute atomic E-state index is 0.262. The highest BCUT2D eigenvalue weighted by Crippen LogP contribution is 2.18. The Kier molecular flexibility index (Phi) is 4.06. The number of aromatic nitrogens is 2. The fraction of sp³-hybridized carbons (Fsp3) is 0.467. The summed E-state index contributed by atoms with van der Waals surface area (Å²) in [6, 6.07) is 6.13. The fourth-order valence-electron chi connectivity index (χ4n) is 2.52. The highest BCUT2D eigenvalue weighted by atomic mass is 19.1. The van der Waals surface area contributed by atoms with Gasteiger partial charge < -0.3 is 4.52 Å². The molecule has 1 aromatic heterocycles. The van der Waals surface area contributed by atoms with E-state index in [-0.39, 0.29) is 5.82 Å². The Balaban J connectivity index is 1.68. The molecule has 0 saturated carbocycles. The van der Waals surface area contributed by atoms with Crippen LogP contribution in [0.25, 0.3) is 11.4 Å². The maximum atomic E-state index is 12.9. The summed E-state index contributed by atoms with van der Waals surface area (Å²) >= 11 is 0. The average molecular weight is 275 g/mol. The third kappa shape index (κ3) is 3.22. The second kappa shape index (κ2) is 6.13.